The van der Waals surface area contributed by atoms with Gasteiger partial charge in [0.25, 0.3) is 0 Å². The smallest absolute Gasteiger partial charge is 0.407 e. The van der Waals surface area contributed by atoms with Crippen molar-refractivity contribution >= 4 is 22.0 Å². The van der Waals surface area contributed by atoms with E-state index in [1.54, 1.807) is 26.8 Å². The Morgan fingerprint density at radius 1 is 1.48 bits per heavy atom. The Kier molecular flexibility index (Phi) is 6.61. The maximum absolute atomic E-state index is 13.2. The maximum Gasteiger partial charge on any atom is 0.407 e. The van der Waals surface area contributed by atoms with Crippen LogP contribution in [0.5, 0.6) is 0 Å². The lowest BCUT2D eigenvalue weighted by atomic mass is 10.00. The van der Waals surface area contributed by atoms with Crippen LogP contribution in [0.3, 0.4) is 0 Å². The van der Waals surface area contributed by atoms with Gasteiger partial charge in [-0.15, -0.1) is 0 Å². The van der Waals surface area contributed by atoms with E-state index >= 15 is 0 Å². The molecule has 1 atom stereocenters. The molecule has 0 saturated carbocycles. The molecular formula is C15H21BrFNO3. The van der Waals surface area contributed by atoms with Gasteiger partial charge in [0.05, 0.1) is 0 Å². The summed E-state index contributed by atoms with van der Waals surface area (Å²) in [4.78, 5) is 11.6. The van der Waals surface area contributed by atoms with E-state index in [-0.39, 0.29) is 24.9 Å². The average Bonchev–Trinajstić information content (AvgIpc) is 2.36. The van der Waals surface area contributed by atoms with Gasteiger partial charge in [0, 0.05) is 23.5 Å². The Morgan fingerprint density at radius 3 is 2.71 bits per heavy atom. The van der Waals surface area contributed by atoms with Crippen LogP contribution in [-0.2, 0) is 11.2 Å². The Hall–Kier alpha value is -1.14. The number of nitrogens with one attached hydrogen (secondary N) is 1. The number of benzene rings is 1. The summed E-state index contributed by atoms with van der Waals surface area (Å²) < 4.78 is 19.1. The molecule has 1 aromatic rings. The second kappa shape index (κ2) is 7.75. The van der Waals surface area contributed by atoms with Crippen LogP contribution in [0.2, 0.25) is 0 Å². The number of rotatable bonds is 5. The molecule has 0 radical (unpaired) electrons. The van der Waals surface area contributed by atoms with E-state index in [2.05, 4.69) is 21.2 Å². The Morgan fingerprint density at radius 2 is 2.14 bits per heavy atom. The van der Waals surface area contributed by atoms with Crippen molar-refractivity contribution < 1.29 is 19.0 Å². The molecule has 0 saturated heterocycles. The molecule has 118 valence electrons. The molecule has 0 bridgehead atoms. The number of hydrogen-bond acceptors (Lipinski definition) is 3. The number of halogens is 2. The summed E-state index contributed by atoms with van der Waals surface area (Å²) >= 11 is 3.35. The first-order valence-corrected chi connectivity index (χ1v) is 7.52. The fraction of sp³-hybridized carbons (Fsp3) is 0.533. The van der Waals surface area contributed by atoms with Gasteiger partial charge in [-0.05, 0) is 51.0 Å². The molecule has 6 heteroatoms. The minimum atomic E-state index is -0.565. The van der Waals surface area contributed by atoms with Crippen LogP contribution in [0.1, 0.15) is 26.3 Å². The van der Waals surface area contributed by atoms with E-state index < -0.39 is 11.7 Å². The lowest BCUT2D eigenvalue weighted by molar-refractivity contribution is 0.0512. The lowest BCUT2D eigenvalue weighted by Crippen LogP contribution is -2.36. The summed E-state index contributed by atoms with van der Waals surface area (Å²) in [5, 5.41) is 12.0. The van der Waals surface area contributed by atoms with Crippen molar-refractivity contribution in [1.82, 2.24) is 5.32 Å². The largest absolute Gasteiger partial charge is 0.444 e. The zero-order chi connectivity index (χ0) is 16.0. The first-order valence-electron chi connectivity index (χ1n) is 6.73. The number of alkyl carbamates (subject to hydrolysis) is 1. The third-order valence-electron chi connectivity index (χ3n) is 2.71. The van der Waals surface area contributed by atoms with Gasteiger partial charge in [-0.3, -0.25) is 0 Å². The van der Waals surface area contributed by atoms with Crippen molar-refractivity contribution in [3.8, 4) is 0 Å². The van der Waals surface area contributed by atoms with Gasteiger partial charge in [-0.1, -0.05) is 15.9 Å². The summed E-state index contributed by atoms with van der Waals surface area (Å²) in [6.45, 7) is 5.48. The lowest BCUT2D eigenvalue weighted by Gasteiger charge is -2.21. The number of carbonyl (C=O) groups is 1. The van der Waals surface area contributed by atoms with E-state index in [1.807, 2.05) is 0 Å². The Balaban J connectivity index is 2.56. The molecule has 0 heterocycles. The second-order valence-corrected chi connectivity index (χ2v) is 6.73. The Bertz CT molecular complexity index is 488. The quantitative estimate of drug-likeness (QED) is 0.845. The van der Waals surface area contributed by atoms with E-state index in [0.717, 1.165) is 10.0 Å². The van der Waals surface area contributed by atoms with Gasteiger partial charge in [-0.2, -0.15) is 0 Å². The highest BCUT2D eigenvalue weighted by atomic mass is 79.9. The molecule has 1 aromatic carbocycles. The normalized spacial score (nSPS) is 12.9. The van der Waals surface area contributed by atoms with E-state index in [0.29, 0.717) is 6.42 Å². The zero-order valence-electron chi connectivity index (χ0n) is 12.5. The highest BCUT2D eigenvalue weighted by Crippen LogP contribution is 2.21. The highest BCUT2D eigenvalue weighted by molar-refractivity contribution is 9.10. The molecule has 1 unspecified atom stereocenters. The first kappa shape index (κ1) is 17.9. The van der Waals surface area contributed by atoms with Crippen molar-refractivity contribution in [2.75, 3.05) is 13.2 Å². The fourth-order valence-electron chi connectivity index (χ4n) is 1.75. The number of carbonyl (C=O) groups excluding carboxylic acids is 1. The summed E-state index contributed by atoms with van der Waals surface area (Å²) in [5.41, 5.74) is 0.185. The number of ether oxygens (including phenoxy) is 1. The molecule has 4 nitrogen and oxygen atoms in total. The summed E-state index contributed by atoms with van der Waals surface area (Å²) in [6.07, 6.45) is -0.0794. The Labute approximate surface area is 132 Å². The summed E-state index contributed by atoms with van der Waals surface area (Å²) in [5.74, 6) is -0.541. The minimum absolute atomic E-state index is 0.112. The van der Waals surface area contributed by atoms with E-state index in [9.17, 15) is 14.3 Å². The topological polar surface area (TPSA) is 58.6 Å². The zero-order valence-corrected chi connectivity index (χ0v) is 14.0. The van der Waals surface area contributed by atoms with Gasteiger partial charge in [0.2, 0.25) is 0 Å². The van der Waals surface area contributed by atoms with Crippen LogP contribution in [0.25, 0.3) is 0 Å². The molecule has 2 N–H and O–H groups in total. The van der Waals surface area contributed by atoms with E-state index in [4.69, 9.17) is 4.74 Å². The van der Waals surface area contributed by atoms with Gasteiger partial charge in [-0.25, -0.2) is 9.18 Å². The first-order chi connectivity index (χ1) is 9.71. The van der Waals surface area contributed by atoms with E-state index in [1.165, 1.54) is 12.1 Å². The number of amides is 1. The second-order valence-electron chi connectivity index (χ2n) is 5.87. The van der Waals surface area contributed by atoms with Crippen LogP contribution in [0.15, 0.2) is 22.7 Å². The summed E-state index contributed by atoms with van der Waals surface area (Å²) in [6, 6.07) is 4.40. The van der Waals surface area contributed by atoms with Crippen molar-refractivity contribution in [2.24, 2.45) is 5.92 Å². The number of hydrogen-bond donors (Lipinski definition) is 2. The molecule has 0 fully saturated rings. The number of aliphatic hydroxyl groups is 1. The van der Waals surface area contributed by atoms with Gasteiger partial charge >= 0.3 is 6.09 Å². The molecule has 0 aromatic heterocycles. The predicted octanol–water partition coefficient (Wildman–Crippen LogP) is 3.26. The monoisotopic (exact) mass is 361 g/mol. The third kappa shape index (κ3) is 6.91. The van der Waals surface area contributed by atoms with Gasteiger partial charge < -0.3 is 15.2 Å². The molecule has 0 aliphatic heterocycles. The van der Waals surface area contributed by atoms with Gasteiger partial charge in [0.1, 0.15) is 11.4 Å². The molecule has 0 aliphatic rings. The standard InChI is InChI=1S/C15H21BrFNO3/c1-15(2,3)21-14(20)18-8-10(9-19)6-11-7-12(17)4-5-13(11)16/h4-5,7,10,19H,6,8-9H2,1-3H3,(H,18,20). The number of aliphatic hydroxyl groups excluding tert-OH is 1. The van der Waals surface area contributed by atoms with Crippen LogP contribution < -0.4 is 5.32 Å². The predicted molar refractivity (Wildman–Crippen MR) is 82.6 cm³/mol. The van der Waals surface area contributed by atoms with Crippen LogP contribution >= 0.6 is 15.9 Å². The molecule has 0 aliphatic carbocycles. The maximum atomic E-state index is 13.2. The molecule has 21 heavy (non-hydrogen) atoms. The highest BCUT2D eigenvalue weighted by Gasteiger charge is 2.18. The van der Waals surface area contributed by atoms with Crippen LogP contribution in [0.4, 0.5) is 9.18 Å². The van der Waals surface area contributed by atoms with Gasteiger partial charge in [0.15, 0.2) is 0 Å². The molecule has 1 rings (SSSR count). The molecular weight excluding hydrogens is 341 g/mol. The fourth-order valence-corrected chi connectivity index (χ4v) is 2.16. The van der Waals surface area contributed by atoms with Crippen molar-refractivity contribution in [2.45, 2.75) is 32.8 Å². The van der Waals surface area contributed by atoms with Crippen molar-refractivity contribution in [1.29, 1.82) is 0 Å². The minimum Gasteiger partial charge on any atom is -0.444 e. The SMILES string of the molecule is CC(C)(C)OC(=O)NCC(CO)Cc1cc(F)ccc1Br. The third-order valence-corrected chi connectivity index (χ3v) is 3.48. The van der Waals surface area contributed by atoms with Crippen LogP contribution in [0, 0.1) is 11.7 Å². The summed E-state index contributed by atoms with van der Waals surface area (Å²) in [7, 11) is 0. The molecule has 0 spiro atoms. The average molecular weight is 362 g/mol. The van der Waals surface area contributed by atoms with Crippen molar-refractivity contribution in [3.63, 3.8) is 0 Å². The van der Waals surface area contributed by atoms with Crippen LogP contribution in [-0.4, -0.2) is 30.0 Å². The van der Waals surface area contributed by atoms with Crippen molar-refractivity contribution in [3.05, 3.63) is 34.1 Å². The molecule has 1 amide bonds.